The normalized spacial score (nSPS) is 27.1. The van der Waals surface area contributed by atoms with E-state index in [1.807, 2.05) is 0 Å². The van der Waals surface area contributed by atoms with Crippen LogP contribution in [0.2, 0.25) is 0 Å². The molecule has 2 heterocycles. The number of benzene rings is 1. The highest BCUT2D eigenvalue weighted by atomic mass is 19.1. The second-order valence-corrected chi connectivity index (χ2v) is 6.55. The lowest BCUT2D eigenvalue weighted by Gasteiger charge is -2.35. The van der Waals surface area contributed by atoms with Crippen molar-refractivity contribution in [1.82, 2.24) is 10.2 Å². The minimum absolute atomic E-state index is 0.0608. The summed E-state index contributed by atoms with van der Waals surface area (Å²) in [6.45, 7) is 0.741. The predicted octanol–water partition coefficient (Wildman–Crippen LogP) is 2.37. The van der Waals surface area contributed by atoms with E-state index in [-0.39, 0.29) is 11.7 Å². The quantitative estimate of drug-likeness (QED) is 0.878. The van der Waals surface area contributed by atoms with Crippen molar-refractivity contribution in [2.75, 3.05) is 18.9 Å². The van der Waals surface area contributed by atoms with Crippen molar-refractivity contribution in [2.45, 2.75) is 50.2 Å². The van der Waals surface area contributed by atoms with Crippen molar-refractivity contribution in [3.05, 3.63) is 30.1 Å². The van der Waals surface area contributed by atoms with E-state index in [1.165, 1.54) is 37.8 Å². The van der Waals surface area contributed by atoms with Crippen molar-refractivity contribution >= 4 is 11.6 Å². The monoisotopic (exact) mass is 305 g/mol. The van der Waals surface area contributed by atoms with Crippen LogP contribution in [0.3, 0.4) is 0 Å². The highest BCUT2D eigenvalue weighted by Gasteiger charge is 2.34. The third kappa shape index (κ3) is 3.84. The molecule has 0 aliphatic carbocycles. The van der Waals surface area contributed by atoms with E-state index < -0.39 is 0 Å². The first-order valence-electron chi connectivity index (χ1n) is 8.12. The van der Waals surface area contributed by atoms with Gasteiger partial charge in [-0.2, -0.15) is 0 Å². The number of rotatable bonds is 5. The molecule has 1 amide bonds. The van der Waals surface area contributed by atoms with Gasteiger partial charge in [-0.25, -0.2) is 4.39 Å². The number of amides is 1. The van der Waals surface area contributed by atoms with Gasteiger partial charge in [0.1, 0.15) is 5.82 Å². The van der Waals surface area contributed by atoms with Crippen LogP contribution in [0.4, 0.5) is 10.1 Å². The Morgan fingerprint density at radius 1 is 1.36 bits per heavy atom. The van der Waals surface area contributed by atoms with Gasteiger partial charge >= 0.3 is 0 Å². The highest BCUT2D eigenvalue weighted by molar-refractivity contribution is 5.90. The topological polar surface area (TPSA) is 44.4 Å². The van der Waals surface area contributed by atoms with E-state index in [9.17, 15) is 9.18 Å². The largest absolute Gasteiger partial charge is 0.326 e. The number of carbonyl (C=O) groups is 1. The summed E-state index contributed by atoms with van der Waals surface area (Å²) in [5, 5.41) is 6.39. The molecule has 0 spiro atoms. The number of halogens is 1. The molecule has 22 heavy (non-hydrogen) atoms. The second-order valence-electron chi connectivity index (χ2n) is 6.55. The van der Waals surface area contributed by atoms with E-state index in [1.54, 1.807) is 12.1 Å². The van der Waals surface area contributed by atoms with Crippen molar-refractivity contribution in [1.29, 1.82) is 0 Å². The maximum Gasteiger partial charge on any atom is 0.225 e. The summed E-state index contributed by atoms with van der Waals surface area (Å²) in [4.78, 5) is 14.3. The van der Waals surface area contributed by atoms with Crippen LogP contribution in [0, 0.1) is 5.82 Å². The summed E-state index contributed by atoms with van der Waals surface area (Å²) in [6, 6.07) is 7.90. The Morgan fingerprint density at radius 3 is 2.77 bits per heavy atom. The van der Waals surface area contributed by atoms with Crippen LogP contribution in [0.15, 0.2) is 24.3 Å². The molecule has 0 aromatic heterocycles. The van der Waals surface area contributed by atoms with Crippen LogP contribution in [-0.2, 0) is 4.79 Å². The van der Waals surface area contributed by atoms with Gasteiger partial charge in [0, 0.05) is 36.8 Å². The minimum atomic E-state index is -0.333. The van der Waals surface area contributed by atoms with Gasteiger partial charge in [-0.1, -0.05) is 6.07 Å². The van der Waals surface area contributed by atoms with Gasteiger partial charge in [-0.3, -0.25) is 4.79 Å². The van der Waals surface area contributed by atoms with Crippen LogP contribution < -0.4 is 10.6 Å². The molecule has 1 aromatic rings. The van der Waals surface area contributed by atoms with E-state index in [4.69, 9.17) is 0 Å². The minimum Gasteiger partial charge on any atom is -0.326 e. The Balaban J connectivity index is 1.44. The number of piperidine rings is 1. The molecule has 2 fully saturated rings. The molecule has 0 saturated carbocycles. The smallest absolute Gasteiger partial charge is 0.225 e. The number of anilines is 1. The molecule has 1 aromatic carbocycles. The fraction of sp³-hybridized carbons (Fsp3) is 0.588. The lowest BCUT2D eigenvalue weighted by atomic mass is 9.98. The highest BCUT2D eigenvalue weighted by Crippen LogP contribution is 2.29. The molecule has 2 saturated heterocycles. The van der Waals surface area contributed by atoms with Crippen LogP contribution >= 0.6 is 0 Å². The molecule has 3 rings (SSSR count). The van der Waals surface area contributed by atoms with Gasteiger partial charge in [-0.05, 0) is 50.9 Å². The van der Waals surface area contributed by atoms with Crippen LogP contribution in [0.25, 0.3) is 0 Å². The Hall–Kier alpha value is -1.46. The maximum atomic E-state index is 13.1. The molecule has 2 N–H and O–H groups in total. The zero-order chi connectivity index (χ0) is 15.5. The third-order valence-electron chi connectivity index (χ3n) is 4.87. The fourth-order valence-corrected chi connectivity index (χ4v) is 3.64. The summed E-state index contributed by atoms with van der Waals surface area (Å²) in [5.41, 5.74) is 0.521. The summed E-state index contributed by atoms with van der Waals surface area (Å²) in [6.07, 6.45) is 5.37. The van der Waals surface area contributed by atoms with Gasteiger partial charge in [0.05, 0.1) is 0 Å². The lowest BCUT2D eigenvalue weighted by Crippen LogP contribution is -2.47. The summed E-state index contributed by atoms with van der Waals surface area (Å²) < 4.78 is 13.1. The number of fused-ring (bicyclic) bond motifs is 2. The Kier molecular flexibility index (Phi) is 4.74. The first-order chi connectivity index (χ1) is 10.6. The van der Waals surface area contributed by atoms with E-state index in [0.29, 0.717) is 30.2 Å². The summed E-state index contributed by atoms with van der Waals surface area (Å²) in [5.74, 6) is -0.394. The van der Waals surface area contributed by atoms with E-state index >= 15 is 0 Å². The molecule has 2 aliphatic rings. The van der Waals surface area contributed by atoms with Gasteiger partial charge in [0.15, 0.2) is 0 Å². The van der Waals surface area contributed by atoms with Crippen LogP contribution in [0.1, 0.15) is 32.1 Å². The second kappa shape index (κ2) is 6.75. The Bertz CT molecular complexity index is 524. The first-order valence-corrected chi connectivity index (χ1v) is 8.12. The third-order valence-corrected chi connectivity index (χ3v) is 4.87. The molecule has 2 atom stereocenters. The number of carbonyl (C=O) groups excluding carboxylic acids is 1. The standard InChI is InChI=1S/C17H24FN3O/c1-21(16-10-14-5-6-15(11-16)19-14)8-7-17(22)20-13-4-2-3-12(18)9-13/h2-4,9,14-16,19H,5-8,10-11H2,1H3,(H,20,22). The van der Waals surface area contributed by atoms with Crippen LogP contribution in [-0.4, -0.2) is 42.5 Å². The molecule has 5 heteroatoms. The average Bonchev–Trinajstić information content (AvgIpc) is 2.83. The molecular formula is C17H24FN3O. The van der Waals surface area contributed by atoms with E-state index in [0.717, 1.165) is 6.54 Å². The summed E-state index contributed by atoms with van der Waals surface area (Å²) in [7, 11) is 2.10. The van der Waals surface area contributed by atoms with E-state index in [2.05, 4.69) is 22.6 Å². The molecule has 2 unspecified atom stereocenters. The van der Waals surface area contributed by atoms with Crippen molar-refractivity contribution in [3.8, 4) is 0 Å². The van der Waals surface area contributed by atoms with Crippen molar-refractivity contribution < 1.29 is 9.18 Å². The number of hydrogen-bond donors (Lipinski definition) is 2. The average molecular weight is 305 g/mol. The van der Waals surface area contributed by atoms with Gasteiger partial charge < -0.3 is 15.5 Å². The number of nitrogens with zero attached hydrogens (tertiary/aromatic N) is 1. The van der Waals surface area contributed by atoms with Gasteiger partial charge in [0.2, 0.25) is 5.91 Å². The zero-order valence-electron chi connectivity index (χ0n) is 13.0. The predicted molar refractivity (Wildman–Crippen MR) is 85.2 cm³/mol. The Labute approximate surface area is 131 Å². The number of hydrogen-bond acceptors (Lipinski definition) is 3. The lowest BCUT2D eigenvalue weighted by molar-refractivity contribution is -0.116. The SMILES string of the molecule is CN(CCC(=O)Nc1cccc(F)c1)C1CC2CCC(C1)N2. The van der Waals surface area contributed by atoms with Gasteiger partial charge in [0.25, 0.3) is 0 Å². The Morgan fingerprint density at radius 2 is 2.09 bits per heavy atom. The fourth-order valence-electron chi connectivity index (χ4n) is 3.64. The van der Waals surface area contributed by atoms with Crippen molar-refractivity contribution in [3.63, 3.8) is 0 Å². The molecular weight excluding hydrogens is 281 g/mol. The molecule has 2 aliphatic heterocycles. The molecule has 2 bridgehead atoms. The maximum absolute atomic E-state index is 13.1. The first kappa shape index (κ1) is 15.4. The zero-order valence-corrected chi connectivity index (χ0v) is 13.0. The number of nitrogens with one attached hydrogen (secondary N) is 2. The molecule has 4 nitrogen and oxygen atoms in total. The van der Waals surface area contributed by atoms with Gasteiger partial charge in [-0.15, -0.1) is 0 Å². The van der Waals surface area contributed by atoms with Crippen molar-refractivity contribution in [2.24, 2.45) is 0 Å². The van der Waals surface area contributed by atoms with Crippen LogP contribution in [0.5, 0.6) is 0 Å². The molecule has 0 radical (unpaired) electrons. The molecule has 120 valence electrons. The summed E-state index contributed by atoms with van der Waals surface area (Å²) >= 11 is 0.